The van der Waals surface area contributed by atoms with E-state index in [0.717, 1.165) is 17.8 Å². The van der Waals surface area contributed by atoms with Crippen LogP contribution >= 0.6 is 15.9 Å². The Morgan fingerprint density at radius 2 is 1.97 bits per heavy atom. The molecule has 1 aromatic heterocycles. The maximum absolute atomic E-state index is 12.9. The molecular formula is C25H32BrN5O4. The predicted octanol–water partition coefficient (Wildman–Crippen LogP) is 4.15. The van der Waals surface area contributed by atoms with E-state index in [0.29, 0.717) is 55.2 Å². The number of likely N-dealkylation sites (tertiary alicyclic amines) is 1. The molecule has 0 spiro atoms. The zero-order valence-corrected chi connectivity index (χ0v) is 21.9. The summed E-state index contributed by atoms with van der Waals surface area (Å²) in [4.78, 5) is 36.1. The van der Waals surface area contributed by atoms with Crippen molar-refractivity contribution in [2.75, 3.05) is 38.1 Å². The molecule has 2 N–H and O–H groups in total. The average molecular weight is 546 g/mol. The Bertz CT molecular complexity index is 1060. The Morgan fingerprint density at radius 3 is 2.66 bits per heavy atom. The lowest BCUT2D eigenvalue weighted by Gasteiger charge is -2.32. The van der Waals surface area contributed by atoms with Gasteiger partial charge in [-0.05, 0) is 67.7 Å². The van der Waals surface area contributed by atoms with Gasteiger partial charge in [0.15, 0.2) is 5.82 Å². The van der Waals surface area contributed by atoms with Crippen LogP contribution in [0, 0.1) is 5.92 Å². The van der Waals surface area contributed by atoms with Crippen molar-refractivity contribution in [3.63, 3.8) is 0 Å². The van der Waals surface area contributed by atoms with E-state index >= 15 is 0 Å². The number of halogens is 1. The van der Waals surface area contributed by atoms with Crippen LogP contribution in [0.25, 0.3) is 11.4 Å². The van der Waals surface area contributed by atoms with Crippen molar-refractivity contribution in [3.05, 3.63) is 40.6 Å². The number of amides is 2. The Kier molecular flexibility index (Phi) is 8.03. The molecule has 2 aliphatic rings. The van der Waals surface area contributed by atoms with Gasteiger partial charge in [-0.3, -0.25) is 4.79 Å². The second-order valence-corrected chi connectivity index (χ2v) is 10.6. The highest BCUT2D eigenvalue weighted by Crippen LogP contribution is 2.27. The van der Waals surface area contributed by atoms with Gasteiger partial charge in [-0.2, -0.15) is 0 Å². The van der Waals surface area contributed by atoms with Gasteiger partial charge < -0.3 is 25.0 Å². The molecule has 188 valence electrons. The quantitative estimate of drug-likeness (QED) is 0.555. The van der Waals surface area contributed by atoms with Crippen molar-refractivity contribution >= 4 is 33.6 Å². The average Bonchev–Trinajstić information content (AvgIpc) is 2.83. The standard InChI is InChI=1S/C25H32BrN5O4/c1-25(2,3)35-24(33)31-10-7-16(8-11-31)23(32)28-18-6-4-5-17(13-18)22-29-19(14-21(26)30-22)20-15-27-9-12-34-20/h4-6,13-14,16,20,27H,7-12,15H2,1-3H3,(H,28,32). The predicted molar refractivity (Wildman–Crippen MR) is 136 cm³/mol. The molecule has 2 amide bonds. The van der Waals surface area contributed by atoms with E-state index < -0.39 is 5.60 Å². The first-order chi connectivity index (χ1) is 16.7. The van der Waals surface area contributed by atoms with Crippen molar-refractivity contribution in [1.29, 1.82) is 0 Å². The molecule has 10 heteroatoms. The van der Waals surface area contributed by atoms with Crippen molar-refractivity contribution in [3.8, 4) is 11.4 Å². The zero-order valence-electron chi connectivity index (χ0n) is 20.3. The topological polar surface area (TPSA) is 106 Å². The minimum Gasteiger partial charge on any atom is -0.444 e. The van der Waals surface area contributed by atoms with E-state index in [4.69, 9.17) is 14.5 Å². The van der Waals surface area contributed by atoms with Crippen LogP contribution in [-0.4, -0.2) is 65.3 Å². The van der Waals surface area contributed by atoms with Gasteiger partial charge in [0.25, 0.3) is 0 Å². The number of hydrogen-bond acceptors (Lipinski definition) is 7. The van der Waals surface area contributed by atoms with E-state index in [1.807, 2.05) is 51.1 Å². The van der Waals surface area contributed by atoms with E-state index in [9.17, 15) is 9.59 Å². The highest BCUT2D eigenvalue weighted by molar-refractivity contribution is 9.10. The van der Waals surface area contributed by atoms with Crippen LogP contribution in [0.2, 0.25) is 0 Å². The van der Waals surface area contributed by atoms with Crippen LogP contribution in [0.4, 0.5) is 10.5 Å². The van der Waals surface area contributed by atoms with Crippen LogP contribution in [-0.2, 0) is 14.3 Å². The number of benzene rings is 1. The van der Waals surface area contributed by atoms with Crippen molar-refractivity contribution in [2.24, 2.45) is 5.92 Å². The normalized spacial score (nSPS) is 19.3. The number of morpholine rings is 1. The van der Waals surface area contributed by atoms with Gasteiger partial charge in [0.2, 0.25) is 5.91 Å². The summed E-state index contributed by atoms with van der Waals surface area (Å²) in [7, 11) is 0. The molecule has 4 rings (SSSR count). The molecule has 2 saturated heterocycles. The number of ether oxygens (including phenoxy) is 2. The van der Waals surface area contributed by atoms with Crippen molar-refractivity contribution < 1.29 is 19.1 Å². The summed E-state index contributed by atoms with van der Waals surface area (Å²) in [6.45, 7) is 8.71. The first-order valence-electron chi connectivity index (χ1n) is 11.9. The Labute approximate surface area is 214 Å². The number of piperidine rings is 1. The minimum absolute atomic E-state index is 0.0523. The van der Waals surface area contributed by atoms with Crippen LogP contribution in [0.15, 0.2) is 34.9 Å². The Hall–Kier alpha value is -2.56. The summed E-state index contributed by atoms with van der Waals surface area (Å²) in [5.74, 6) is 0.343. The number of carbonyl (C=O) groups is 2. The second-order valence-electron chi connectivity index (χ2n) is 9.81. The first-order valence-corrected chi connectivity index (χ1v) is 12.7. The Morgan fingerprint density at radius 1 is 1.20 bits per heavy atom. The monoisotopic (exact) mass is 545 g/mol. The molecule has 35 heavy (non-hydrogen) atoms. The third kappa shape index (κ3) is 6.99. The van der Waals surface area contributed by atoms with Crippen LogP contribution in [0.3, 0.4) is 0 Å². The molecule has 0 aliphatic carbocycles. The fourth-order valence-electron chi connectivity index (χ4n) is 4.12. The molecule has 1 atom stereocenters. The maximum atomic E-state index is 12.9. The lowest BCUT2D eigenvalue weighted by Crippen LogP contribution is -2.43. The number of anilines is 1. The lowest BCUT2D eigenvalue weighted by atomic mass is 9.96. The summed E-state index contributed by atoms with van der Waals surface area (Å²) in [6.07, 6.45) is 0.736. The fraction of sp³-hybridized carbons (Fsp3) is 0.520. The summed E-state index contributed by atoms with van der Waals surface area (Å²) < 4.78 is 12.0. The molecule has 3 heterocycles. The number of nitrogens with zero attached hydrogens (tertiary/aromatic N) is 3. The molecule has 2 fully saturated rings. The number of aromatic nitrogens is 2. The lowest BCUT2D eigenvalue weighted by molar-refractivity contribution is -0.121. The molecule has 2 aliphatic heterocycles. The SMILES string of the molecule is CC(C)(C)OC(=O)N1CCC(C(=O)Nc2cccc(-c3nc(Br)cc(C4CNCCO4)n3)c2)CC1. The third-order valence-electron chi connectivity index (χ3n) is 5.88. The largest absolute Gasteiger partial charge is 0.444 e. The van der Waals surface area contributed by atoms with Gasteiger partial charge in [-0.25, -0.2) is 14.8 Å². The van der Waals surface area contributed by atoms with Gasteiger partial charge >= 0.3 is 6.09 Å². The molecule has 0 radical (unpaired) electrons. The summed E-state index contributed by atoms with van der Waals surface area (Å²) in [5, 5.41) is 6.34. The molecule has 0 saturated carbocycles. The first kappa shape index (κ1) is 25.5. The van der Waals surface area contributed by atoms with E-state index in [2.05, 4.69) is 31.5 Å². The maximum Gasteiger partial charge on any atom is 0.410 e. The number of carbonyl (C=O) groups excluding carboxylic acids is 2. The van der Waals surface area contributed by atoms with Crippen LogP contribution in [0.5, 0.6) is 0 Å². The summed E-state index contributed by atoms with van der Waals surface area (Å²) in [5.41, 5.74) is 1.76. The highest BCUT2D eigenvalue weighted by atomic mass is 79.9. The third-order valence-corrected chi connectivity index (χ3v) is 6.28. The van der Waals surface area contributed by atoms with Crippen LogP contribution in [0.1, 0.15) is 45.4 Å². The fourth-order valence-corrected chi connectivity index (χ4v) is 4.52. The van der Waals surface area contributed by atoms with Gasteiger partial charge in [-0.1, -0.05) is 12.1 Å². The molecular weight excluding hydrogens is 514 g/mol. The van der Waals surface area contributed by atoms with Crippen molar-refractivity contribution in [2.45, 2.75) is 45.3 Å². The van der Waals surface area contributed by atoms with E-state index in [1.54, 1.807) is 4.90 Å². The van der Waals surface area contributed by atoms with Crippen LogP contribution < -0.4 is 10.6 Å². The second kappa shape index (κ2) is 11.0. The van der Waals surface area contributed by atoms with E-state index in [-0.39, 0.29) is 24.0 Å². The van der Waals surface area contributed by atoms with Crippen molar-refractivity contribution in [1.82, 2.24) is 20.2 Å². The minimum atomic E-state index is -0.532. The zero-order chi connectivity index (χ0) is 25.0. The Balaban J connectivity index is 1.39. The number of hydrogen-bond donors (Lipinski definition) is 2. The van der Waals surface area contributed by atoms with Gasteiger partial charge in [-0.15, -0.1) is 0 Å². The molecule has 1 unspecified atom stereocenters. The molecule has 9 nitrogen and oxygen atoms in total. The number of rotatable bonds is 4. The highest BCUT2D eigenvalue weighted by Gasteiger charge is 2.30. The number of nitrogens with one attached hydrogen (secondary N) is 2. The van der Waals surface area contributed by atoms with Gasteiger partial charge in [0, 0.05) is 43.3 Å². The molecule has 1 aromatic carbocycles. The smallest absolute Gasteiger partial charge is 0.410 e. The molecule has 0 bridgehead atoms. The van der Waals surface area contributed by atoms with E-state index in [1.165, 1.54) is 0 Å². The van der Waals surface area contributed by atoms with Gasteiger partial charge in [0.05, 0.1) is 12.3 Å². The molecule has 2 aromatic rings. The summed E-state index contributed by atoms with van der Waals surface area (Å²) in [6, 6.07) is 9.39. The summed E-state index contributed by atoms with van der Waals surface area (Å²) >= 11 is 3.48. The van der Waals surface area contributed by atoms with Gasteiger partial charge in [0.1, 0.15) is 16.3 Å².